The Morgan fingerprint density at radius 2 is 2.13 bits per heavy atom. The summed E-state index contributed by atoms with van der Waals surface area (Å²) in [4.78, 5) is 0. The molecule has 15 heavy (non-hydrogen) atoms. The maximum absolute atomic E-state index is 5.85. The van der Waals surface area contributed by atoms with Gasteiger partial charge in [0, 0.05) is 12.7 Å². The van der Waals surface area contributed by atoms with Gasteiger partial charge in [-0.1, -0.05) is 18.2 Å². The maximum atomic E-state index is 5.85. The summed E-state index contributed by atoms with van der Waals surface area (Å²) in [6.07, 6.45) is 0.0399. The Kier molecular flexibility index (Phi) is 4.92. The molecule has 0 aliphatic rings. The van der Waals surface area contributed by atoms with Crippen LogP contribution in [0.2, 0.25) is 0 Å². The molecule has 1 unspecified atom stereocenters. The molecule has 0 radical (unpaired) electrons. The van der Waals surface area contributed by atoms with Gasteiger partial charge >= 0.3 is 0 Å². The monoisotopic (exact) mass is 228 g/mol. The number of hydrogen-bond donors (Lipinski definition) is 0. The van der Waals surface area contributed by atoms with Crippen molar-refractivity contribution in [1.29, 1.82) is 0 Å². The summed E-state index contributed by atoms with van der Waals surface area (Å²) in [6.45, 7) is 4.58. The molecular weight excluding hydrogens is 212 g/mol. The molecule has 3 heteroatoms. The van der Waals surface area contributed by atoms with Crippen molar-refractivity contribution < 1.29 is 9.47 Å². The van der Waals surface area contributed by atoms with Gasteiger partial charge in [-0.2, -0.15) is 0 Å². The van der Waals surface area contributed by atoms with Crippen molar-refractivity contribution in [1.82, 2.24) is 0 Å². The highest BCUT2D eigenvalue weighted by molar-refractivity contribution is 6.17. The summed E-state index contributed by atoms with van der Waals surface area (Å²) in [5.41, 5.74) is 2.13. The Hall–Kier alpha value is -0.730. The second-order valence-electron chi connectivity index (χ2n) is 3.58. The topological polar surface area (TPSA) is 18.5 Å². The van der Waals surface area contributed by atoms with Crippen LogP contribution in [0.25, 0.3) is 0 Å². The van der Waals surface area contributed by atoms with Gasteiger partial charge in [-0.25, -0.2) is 0 Å². The minimum absolute atomic E-state index is 0.0399. The van der Waals surface area contributed by atoms with Gasteiger partial charge in [0.25, 0.3) is 0 Å². The third kappa shape index (κ3) is 3.40. The molecule has 0 amide bonds. The van der Waals surface area contributed by atoms with Gasteiger partial charge in [0.05, 0.1) is 12.5 Å². The van der Waals surface area contributed by atoms with E-state index in [0.717, 1.165) is 16.9 Å². The van der Waals surface area contributed by atoms with E-state index in [9.17, 15) is 0 Å². The van der Waals surface area contributed by atoms with E-state index >= 15 is 0 Å². The van der Waals surface area contributed by atoms with Gasteiger partial charge in [-0.15, -0.1) is 11.6 Å². The molecule has 0 aliphatic carbocycles. The number of aryl methyl sites for hydroxylation is 1. The lowest BCUT2D eigenvalue weighted by Crippen LogP contribution is -2.19. The number of methoxy groups -OCH3 is 1. The van der Waals surface area contributed by atoms with Crippen molar-refractivity contribution >= 4 is 11.6 Å². The van der Waals surface area contributed by atoms with Crippen molar-refractivity contribution in [3.05, 3.63) is 29.3 Å². The lowest BCUT2D eigenvalue weighted by molar-refractivity contribution is 0.0911. The highest BCUT2D eigenvalue weighted by atomic mass is 35.5. The molecule has 2 nitrogen and oxygen atoms in total. The highest BCUT2D eigenvalue weighted by Crippen LogP contribution is 2.25. The molecule has 1 aromatic carbocycles. The largest absolute Gasteiger partial charge is 0.488 e. The van der Waals surface area contributed by atoms with E-state index in [4.69, 9.17) is 21.1 Å². The Morgan fingerprint density at radius 1 is 1.40 bits per heavy atom. The molecule has 84 valence electrons. The highest BCUT2D eigenvalue weighted by Gasteiger charge is 2.09. The van der Waals surface area contributed by atoms with Crippen LogP contribution >= 0.6 is 11.6 Å². The van der Waals surface area contributed by atoms with Crippen LogP contribution in [-0.4, -0.2) is 19.8 Å². The average Bonchev–Trinajstić information content (AvgIpc) is 2.21. The van der Waals surface area contributed by atoms with E-state index in [1.165, 1.54) is 0 Å². The smallest absolute Gasteiger partial charge is 0.127 e. The molecule has 0 saturated carbocycles. The van der Waals surface area contributed by atoms with Gasteiger partial charge < -0.3 is 9.47 Å². The second-order valence-corrected chi connectivity index (χ2v) is 3.85. The molecule has 0 saturated heterocycles. The van der Waals surface area contributed by atoms with Gasteiger partial charge in [-0.3, -0.25) is 0 Å². The lowest BCUT2D eigenvalue weighted by atomic mass is 10.1. The first kappa shape index (κ1) is 12.3. The zero-order valence-electron chi connectivity index (χ0n) is 9.42. The fraction of sp³-hybridized carbons (Fsp3) is 0.500. The molecule has 0 aromatic heterocycles. The maximum Gasteiger partial charge on any atom is 0.127 e. The van der Waals surface area contributed by atoms with Crippen LogP contribution in [0.1, 0.15) is 18.1 Å². The second kappa shape index (κ2) is 5.99. The first-order valence-electron chi connectivity index (χ1n) is 4.99. The van der Waals surface area contributed by atoms with Gasteiger partial charge in [-0.05, 0) is 19.4 Å². The van der Waals surface area contributed by atoms with E-state index in [1.54, 1.807) is 7.11 Å². The Bertz CT molecular complexity index is 312. The molecule has 0 fully saturated rings. The van der Waals surface area contributed by atoms with Crippen molar-refractivity contribution in [2.75, 3.05) is 13.7 Å². The Morgan fingerprint density at radius 3 is 2.73 bits per heavy atom. The molecule has 1 aromatic rings. The number of hydrogen-bond acceptors (Lipinski definition) is 2. The lowest BCUT2D eigenvalue weighted by Gasteiger charge is -2.18. The van der Waals surface area contributed by atoms with E-state index in [1.807, 2.05) is 32.0 Å². The van der Waals surface area contributed by atoms with Crippen LogP contribution in [0.3, 0.4) is 0 Å². The molecule has 0 aliphatic heterocycles. The quantitative estimate of drug-likeness (QED) is 0.721. The zero-order valence-corrected chi connectivity index (χ0v) is 10.2. The van der Waals surface area contributed by atoms with Gasteiger partial charge in [0.2, 0.25) is 0 Å². The summed E-state index contributed by atoms with van der Waals surface area (Å²) >= 11 is 5.85. The predicted octanol–water partition coefficient (Wildman–Crippen LogP) is 3.15. The van der Waals surface area contributed by atoms with Crippen molar-refractivity contribution in [2.45, 2.75) is 25.8 Å². The minimum atomic E-state index is 0.0399. The van der Waals surface area contributed by atoms with Crippen molar-refractivity contribution in [2.24, 2.45) is 0 Å². The third-order valence-electron chi connectivity index (χ3n) is 2.16. The standard InChI is InChI=1S/C12H17ClO2/c1-9-5-4-6-11(7-13)12(9)15-10(2)8-14-3/h4-6,10H,7-8H2,1-3H3. The van der Waals surface area contributed by atoms with Crippen LogP contribution in [0.5, 0.6) is 5.75 Å². The number of rotatable bonds is 5. The molecule has 0 spiro atoms. The fourth-order valence-corrected chi connectivity index (χ4v) is 1.67. The van der Waals surface area contributed by atoms with Crippen LogP contribution in [0, 0.1) is 6.92 Å². The Balaban J connectivity index is 2.82. The number of para-hydroxylation sites is 1. The van der Waals surface area contributed by atoms with Gasteiger partial charge in [0.1, 0.15) is 11.9 Å². The normalized spacial score (nSPS) is 12.5. The zero-order chi connectivity index (χ0) is 11.3. The number of ether oxygens (including phenoxy) is 2. The SMILES string of the molecule is COCC(C)Oc1c(C)cccc1CCl. The van der Waals surface area contributed by atoms with Crippen LogP contribution in [0.15, 0.2) is 18.2 Å². The summed E-state index contributed by atoms with van der Waals surface area (Å²) < 4.78 is 10.8. The molecular formula is C12H17ClO2. The summed E-state index contributed by atoms with van der Waals surface area (Å²) in [5, 5.41) is 0. The molecule has 0 N–H and O–H groups in total. The molecule has 1 atom stereocenters. The van der Waals surface area contributed by atoms with Crippen LogP contribution in [-0.2, 0) is 10.6 Å². The molecule has 0 bridgehead atoms. The summed E-state index contributed by atoms with van der Waals surface area (Å²) in [5.74, 6) is 1.36. The summed E-state index contributed by atoms with van der Waals surface area (Å²) in [6, 6.07) is 5.99. The van der Waals surface area contributed by atoms with E-state index in [-0.39, 0.29) is 6.10 Å². The number of benzene rings is 1. The first-order valence-corrected chi connectivity index (χ1v) is 5.52. The molecule has 0 heterocycles. The van der Waals surface area contributed by atoms with Crippen LogP contribution < -0.4 is 4.74 Å². The Labute approximate surface area is 96.2 Å². The van der Waals surface area contributed by atoms with Crippen LogP contribution in [0.4, 0.5) is 0 Å². The van der Waals surface area contributed by atoms with Gasteiger partial charge in [0.15, 0.2) is 0 Å². The van der Waals surface area contributed by atoms with E-state index < -0.39 is 0 Å². The van der Waals surface area contributed by atoms with Crippen molar-refractivity contribution in [3.63, 3.8) is 0 Å². The first-order chi connectivity index (χ1) is 7.19. The minimum Gasteiger partial charge on any atom is -0.488 e. The summed E-state index contributed by atoms with van der Waals surface area (Å²) in [7, 11) is 1.67. The number of alkyl halides is 1. The van der Waals surface area contributed by atoms with E-state index in [0.29, 0.717) is 12.5 Å². The fourth-order valence-electron chi connectivity index (χ4n) is 1.46. The molecule has 1 rings (SSSR count). The number of halogens is 1. The third-order valence-corrected chi connectivity index (χ3v) is 2.45. The average molecular weight is 229 g/mol. The van der Waals surface area contributed by atoms with Crippen molar-refractivity contribution in [3.8, 4) is 5.75 Å². The predicted molar refractivity (Wildman–Crippen MR) is 62.7 cm³/mol. The van der Waals surface area contributed by atoms with E-state index in [2.05, 4.69) is 0 Å².